The number of carbonyl (C=O) groups excluding carboxylic acids is 1. The van der Waals surface area contributed by atoms with Gasteiger partial charge in [0.2, 0.25) is 0 Å². The third-order valence-electron chi connectivity index (χ3n) is 3.14. The molecule has 1 atom stereocenters. The molecule has 0 bridgehead atoms. The van der Waals surface area contributed by atoms with Gasteiger partial charge in [0, 0.05) is 19.2 Å². The van der Waals surface area contributed by atoms with E-state index in [1.54, 1.807) is 11.9 Å². The van der Waals surface area contributed by atoms with Crippen LogP contribution in [0.5, 0.6) is 0 Å². The number of hydrogen-bond acceptors (Lipinski definition) is 2. The number of aliphatic hydroxyl groups is 1. The summed E-state index contributed by atoms with van der Waals surface area (Å²) in [7, 11) is 1.70. The highest BCUT2D eigenvalue weighted by Gasteiger charge is 2.17. The standard InChI is InChI=1S/C16H20FNO2/c1-4-12(2)11-18(3)16(20)15-10-14(17)8-7-13(15)6-5-9-19/h7-8,10,12,19H,4,9,11H2,1-3H3. The van der Waals surface area contributed by atoms with Crippen LogP contribution in [-0.4, -0.2) is 36.1 Å². The molecule has 0 spiro atoms. The van der Waals surface area contributed by atoms with Gasteiger partial charge in [-0.15, -0.1) is 0 Å². The molecule has 4 heteroatoms. The molecule has 1 rings (SSSR count). The first-order valence-electron chi connectivity index (χ1n) is 6.64. The van der Waals surface area contributed by atoms with Crippen LogP contribution >= 0.6 is 0 Å². The van der Waals surface area contributed by atoms with Crippen molar-refractivity contribution in [3.63, 3.8) is 0 Å². The van der Waals surface area contributed by atoms with Gasteiger partial charge in [0.15, 0.2) is 0 Å². The van der Waals surface area contributed by atoms with Crippen LogP contribution in [0.4, 0.5) is 4.39 Å². The maximum atomic E-state index is 13.4. The van der Waals surface area contributed by atoms with E-state index in [2.05, 4.69) is 25.7 Å². The van der Waals surface area contributed by atoms with Gasteiger partial charge < -0.3 is 10.0 Å². The first kappa shape index (κ1) is 16.2. The Bertz CT molecular complexity index is 531. The summed E-state index contributed by atoms with van der Waals surface area (Å²) in [4.78, 5) is 13.9. The fourth-order valence-electron chi connectivity index (χ4n) is 1.82. The van der Waals surface area contributed by atoms with Crippen molar-refractivity contribution in [2.45, 2.75) is 20.3 Å². The van der Waals surface area contributed by atoms with E-state index in [0.717, 1.165) is 6.42 Å². The lowest BCUT2D eigenvalue weighted by Gasteiger charge is -2.21. The highest BCUT2D eigenvalue weighted by atomic mass is 19.1. The Kier molecular flexibility index (Phi) is 6.20. The molecule has 0 aliphatic rings. The molecule has 1 aromatic carbocycles. The third-order valence-corrected chi connectivity index (χ3v) is 3.14. The van der Waals surface area contributed by atoms with Crippen molar-refractivity contribution in [2.24, 2.45) is 5.92 Å². The van der Waals surface area contributed by atoms with Crippen LogP contribution < -0.4 is 0 Å². The van der Waals surface area contributed by atoms with Crippen LogP contribution in [0, 0.1) is 23.6 Å². The van der Waals surface area contributed by atoms with E-state index in [9.17, 15) is 9.18 Å². The second-order valence-electron chi connectivity index (χ2n) is 4.85. The van der Waals surface area contributed by atoms with E-state index >= 15 is 0 Å². The molecule has 0 aromatic heterocycles. The molecule has 0 saturated carbocycles. The molecule has 0 radical (unpaired) electrons. The zero-order chi connectivity index (χ0) is 15.1. The van der Waals surface area contributed by atoms with Gasteiger partial charge in [-0.1, -0.05) is 32.1 Å². The van der Waals surface area contributed by atoms with Crippen molar-refractivity contribution >= 4 is 5.91 Å². The summed E-state index contributed by atoms with van der Waals surface area (Å²) in [5.41, 5.74) is 0.665. The molecule has 0 aliphatic heterocycles. The minimum atomic E-state index is -0.472. The van der Waals surface area contributed by atoms with Gasteiger partial charge >= 0.3 is 0 Å². The zero-order valence-electron chi connectivity index (χ0n) is 12.1. The van der Waals surface area contributed by atoms with Crippen molar-refractivity contribution in [3.05, 3.63) is 35.1 Å². The minimum Gasteiger partial charge on any atom is -0.384 e. The van der Waals surface area contributed by atoms with E-state index < -0.39 is 5.82 Å². The average molecular weight is 277 g/mol. The van der Waals surface area contributed by atoms with Crippen molar-refractivity contribution in [1.29, 1.82) is 0 Å². The normalized spacial score (nSPS) is 11.4. The highest BCUT2D eigenvalue weighted by molar-refractivity contribution is 5.96. The van der Waals surface area contributed by atoms with Gasteiger partial charge in [0.25, 0.3) is 5.91 Å². The summed E-state index contributed by atoms with van der Waals surface area (Å²) >= 11 is 0. The highest BCUT2D eigenvalue weighted by Crippen LogP contribution is 2.14. The van der Waals surface area contributed by atoms with E-state index in [1.807, 2.05) is 0 Å². The maximum absolute atomic E-state index is 13.4. The number of nitrogens with zero attached hydrogens (tertiary/aromatic N) is 1. The van der Waals surface area contributed by atoms with Crippen LogP contribution in [0.3, 0.4) is 0 Å². The lowest BCUT2D eigenvalue weighted by atomic mass is 10.0. The first-order chi connectivity index (χ1) is 9.49. The number of aliphatic hydroxyl groups excluding tert-OH is 1. The summed E-state index contributed by atoms with van der Waals surface area (Å²) in [6, 6.07) is 3.91. The summed E-state index contributed by atoms with van der Waals surface area (Å²) in [6.07, 6.45) is 0.970. The Morgan fingerprint density at radius 3 is 2.80 bits per heavy atom. The molecule has 1 unspecified atom stereocenters. The Morgan fingerprint density at radius 2 is 2.20 bits per heavy atom. The summed E-state index contributed by atoms with van der Waals surface area (Å²) in [5, 5.41) is 8.73. The van der Waals surface area contributed by atoms with Crippen molar-refractivity contribution in [3.8, 4) is 11.8 Å². The van der Waals surface area contributed by atoms with Crippen LogP contribution in [-0.2, 0) is 0 Å². The number of carbonyl (C=O) groups is 1. The van der Waals surface area contributed by atoms with Gasteiger partial charge in [-0.05, 0) is 24.1 Å². The Balaban J connectivity index is 3.04. The van der Waals surface area contributed by atoms with Crippen molar-refractivity contribution < 1.29 is 14.3 Å². The Labute approximate surface area is 119 Å². The second kappa shape index (κ2) is 7.66. The van der Waals surface area contributed by atoms with Gasteiger partial charge in [-0.2, -0.15) is 0 Å². The van der Waals surface area contributed by atoms with Crippen molar-refractivity contribution in [2.75, 3.05) is 20.2 Å². The predicted octanol–water partition coefficient (Wildman–Crippen LogP) is 2.29. The lowest BCUT2D eigenvalue weighted by molar-refractivity contribution is 0.0774. The fourth-order valence-corrected chi connectivity index (χ4v) is 1.82. The number of halogens is 1. The second-order valence-corrected chi connectivity index (χ2v) is 4.85. The van der Waals surface area contributed by atoms with Gasteiger partial charge in [0.05, 0.1) is 5.56 Å². The number of hydrogen-bond donors (Lipinski definition) is 1. The van der Waals surface area contributed by atoms with Gasteiger partial charge in [-0.25, -0.2) is 4.39 Å². The number of rotatable bonds is 4. The van der Waals surface area contributed by atoms with Crippen molar-refractivity contribution in [1.82, 2.24) is 4.90 Å². The summed E-state index contributed by atoms with van der Waals surface area (Å²) in [6.45, 7) is 4.43. The smallest absolute Gasteiger partial charge is 0.254 e. The largest absolute Gasteiger partial charge is 0.384 e. The molecule has 20 heavy (non-hydrogen) atoms. The number of amides is 1. The SMILES string of the molecule is CCC(C)CN(C)C(=O)c1cc(F)ccc1C#CCO. The van der Waals surface area contributed by atoms with Crippen LogP contribution in [0.15, 0.2) is 18.2 Å². The lowest BCUT2D eigenvalue weighted by Crippen LogP contribution is -2.31. The van der Waals surface area contributed by atoms with Crippen LogP contribution in [0.25, 0.3) is 0 Å². The summed E-state index contributed by atoms with van der Waals surface area (Å²) in [5.74, 6) is 4.81. The number of benzene rings is 1. The van der Waals surface area contributed by atoms with E-state index in [4.69, 9.17) is 5.11 Å². The predicted molar refractivity (Wildman–Crippen MR) is 76.8 cm³/mol. The van der Waals surface area contributed by atoms with Gasteiger partial charge in [-0.3, -0.25) is 4.79 Å². The maximum Gasteiger partial charge on any atom is 0.254 e. The van der Waals surface area contributed by atoms with Crippen LogP contribution in [0.1, 0.15) is 36.2 Å². The molecular formula is C16H20FNO2. The summed E-state index contributed by atoms with van der Waals surface area (Å²) < 4.78 is 13.4. The third kappa shape index (κ3) is 4.36. The first-order valence-corrected chi connectivity index (χ1v) is 6.64. The fraction of sp³-hybridized carbons (Fsp3) is 0.438. The molecule has 0 aliphatic carbocycles. The molecule has 0 saturated heterocycles. The molecule has 0 heterocycles. The van der Waals surface area contributed by atoms with E-state index in [1.165, 1.54) is 18.2 Å². The van der Waals surface area contributed by atoms with E-state index in [-0.39, 0.29) is 18.1 Å². The molecular weight excluding hydrogens is 257 g/mol. The topological polar surface area (TPSA) is 40.5 Å². The molecule has 1 aromatic rings. The Hall–Kier alpha value is -1.86. The van der Waals surface area contributed by atoms with Gasteiger partial charge in [0.1, 0.15) is 12.4 Å². The quantitative estimate of drug-likeness (QED) is 0.858. The molecule has 108 valence electrons. The molecule has 3 nitrogen and oxygen atoms in total. The van der Waals surface area contributed by atoms with Crippen LogP contribution in [0.2, 0.25) is 0 Å². The zero-order valence-corrected chi connectivity index (χ0v) is 12.1. The average Bonchev–Trinajstić information content (AvgIpc) is 2.44. The Morgan fingerprint density at radius 1 is 1.50 bits per heavy atom. The minimum absolute atomic E-state index is 0.233. The molecule has 1 amide bonds. The van der Waals surface area contributed by atoms with E-state index in [0.29, 0.717) is 18.0 Å². The monoisotopic (exact) mass is 277 g/mol. The molecule has 1 N–H and O–H groups in total. The molecule has 0 fully saturated rings.